The van der Waals surface area contributed by atoms with E-state index in [0.717, 1.165) is 0 Å². The summed E-state index contributed by atoms with van der Waals surface area (Å²) in [7, 11) is -1.66. The minimum Gasteiger partial charge on any atom is -0.267 e. The van der Waals surface area contributed by atoms with Crippen LogP contribution in [-0.4, -0.2) is 21.6 Å². The molecule has 0 unspecified atom stereocenters. The Morgan fingerprint density at radius 2 is 1.86 bits per heavy atom. The maximum Gasteiger partial charge on any atom is 0.0342 e. The first-order chi connectivity index (χ1) is 3.21. The highest BCUT2D eigenvalue weighted by molar-refractivity contribution is 8.00. The van der Waals surface area contributed by atoms with Crippen molar-refractivity contribution in [1.82, 2.24) is 0 Å². The highest BCUT2D eigenvalue weighted by Crippen LogP contribution is 1.99. The predicted molar refractivity (Wildman–Crippen MR) is 34.1 cm³/mol. The summed E-state index contributed by atoms with van der Waals surface area (Å²) in [5.41, 5.74) is 0. The topological polar surface area (TPSA) is 17.1 Å². The lowest BCUT2D eigenvalue weighted by Gasteiger charge is -1.90. The molecule has 0 aliphatic carbocycles. The lowest BCUT2D eigenvalue weighted by atomic mass is 10.6. The SMILES string of the molecule is C=S1(=O)CC=CC1. The molecule has 7 heavy (non-hydrogen) atoms. The van der Waals surface area contributed by atoms with Crippen molar-refractivity contribution in [3.63, 3.8) is 0 Å². The maximum absolute atomic E-state index is 10.8. The Morgan fingerprint density at radius 3 is 2.00 bits per heavy atom. The molecule has 0 amide bonds. The molecule has 1 rings (SSSR count). The molecule has 0 aromatic carbocycles. The fraction of sp³-hybridized carbons (Fsp3) is 0.400. The molecule has 0 saturated heterocycles. The molecule has 0 saturated carbocycles. The van der Waals surface area contributed by atoms with Gasteiger partial charge in [-0.2, -0.15) is 0 Å². The van der Waals surface area contributed by atoms with Gasteiger partial charge in [0.05, 0.1) is 0 Å². The summed E-state index contributed by atoms with van der Waals surface area (Å²) in [6.07, 6.45) is 3.85. The molecule has 40 valence electrons. The lowest BCUT2D eigenvalue weighted by Crippen LogP contribution is -1.99. The average molecular weight is 116 g/mol. The fourth-order valence-corrected chi connectivity index (χ4v) is 1.66. The molecule has 1 heterocycles. The van der Waals surface area contributed by atoms with Crippen LogP contribution in [0.2, 0.25) is 0 Å². The second-order valence-corrected chi connectivity index (χ2v) is 4.37. The summed E-state index contributed by atoms with van der Waals surface area (Å²) in [5, 5.41) is 0. The van der Waals surface area contributed by atoms with Crippen LogP contribution in [0, 0.1) is 0 Å². The zero-order valence-electron chi connectivity index (χ0n) is 4.09. The van der Waals surface area contributed by atoms with E-state index < -0.39 is 9.52 Å². The van der Waals surface area contributed by atoms with Gasteiger partial charge in [0, 0.05) is 11.5 Å². The van der Waals surface area contributed by atoms with Crippen molar-refractivity contribution in [2.24, 2.45) is 0 Å². The van der Waals surface area contributed by atoms with E-state index in [2.05, 4.69) is 5.87 Å². The molecule has 1 nitrogen and oxygen atoms in total. The second-order valence-electron chi connectivity index (χ2n) is 1.77. The van der Waals surface area contributed by atoms with Crippen molar-refractivity contribution in [2.75, 3.05) is 11.5 Å². The van der Waals surface area contributed by atoms with E-state index in [4.69, 9.17) is 0 Å². The second kappa shape index (κ2) is 1.37. The van der Waals surface area contributed by atoms with E-state index in [1.54, 1.807) is 0 Å². The van der Waals surface area contributed by atoms with Gasteiger partial charge in [0.2, 0.25) is 0 Å². The van der Waals surface area contributed by atoms with E-state index in [9.17, 15) is 4.21 Å². The first kappa shape index (κ1) is 4.91. The van der Waals surface area contributed by atoms with Crippen molar-refractivity contribution in [3.05, 3.63) is 12.2 Å². The third kappa shape index (κ3) is 1.06. The van der Waals surface area contributed by atoms with Gasteiger partial charge in [-0.25, -0.2) is 0 Å². The Balaban J connectivity index is 2.88. The van der Waals surface area contributed by atoms with Crippen LogP contribution in [0.5, 0.6) is 0 Å². The number of hydrogen-bond donors (Lipinski definition) is 0. The molecule has 1 aliphatic heterocycles. The van der Waals surface area contributed by atoms with Gasteiger partial charge in [0.1, 0.15) is 0 Å². The van der Waals surface area contributed by atoms with E-state index in [0.29, 0.717) is 11.5 Å². The summed E-state index contributed by atoms with van der Waals surface area (Å²) in [4.78, 5) is 0. The van der Waals surface area contributed by atoms with Gasteiger partial charge in [0.15, 0.2) is 0 Å². The highest BCUT2D eigenvalue weighted by Gasteiger charge is 2.02. The monoisotopic (exact) mass is 116 g/mol. The summed E-state index contributed by atoms with van der Waals surface area (Å²) < 4.78 is 10.8. The van der Waals surface area contributed by atoms with Crippen molar-refractivity contribution in [2.45, 2.75) is 0 Å². The highest BCUT2D eigenvalue weighted by atomic mass is 32.2. The maximum atomic E-state index is 10.8. The zero-order valence-corrected chi connectivity index (χ0v) is 4.91. The third-order valence-corrected chi connectivity index (χ3v) is 2.57. The van der Waals surface area contributed by atoms with Gasteiger partial charge >= 0.3 is 0 Å². The van der Waals surface area contributed by atoms with Gasteiger partial charge in [-0.3, -0.25) is 4.21 Å². The van der Waals surface area contributed by atoms with Gasteiger partial charge in [0.25, 0.3) is 0 Å². The first-order valence-corrected chi connectivity index (χ1v) is 4.25. The van der Waals surface area contributed by atoms with Gasteiger partial charge in [-0.15, -0.1) is 0 Å². The molecule has 2 heteroatoms. The van der Waals surface area contributed by atoms with E-state index >= 15 is 0 Å². The van der Waals surface area contributed by atoms with E-state index in [1.807, 2.05) is 12.2 Å². The zero-order chi connectivity index (χ0) is 5.33. The van der Waals surface area contributed by atoms with Gasteiger partial charge in [-0.1, -0.05) is 12.2 Å². The third-order valence-electron chi connectivity index (χ3n) is 0.967. The lowest BCUT2D eigenvalue weighted by molar-refractivity contribution is 0.686. The molecule has 0 fully saturated rings. The summed E-state index contributed by atoms with van der Waals surface area (Å²) >= 11 is 0. The largest absolute Gasteiger partial charge is 0.267 e. The van der Waals surface area contributed by atoms with Crippen LogP contribution < -0.4 is 0 Å². The molecule has 1 aliphatic rings. The van der Waals surface area contributed by atoms with Crippen molar-refractivity contribution in [3.8, 4) is 0 Å². The molecule has 0 radical (unpaired) electrons. The van der Waals surface area contributed by atoms with Crippen LogP contribution >= 0.6 is 0 Å². The summed E-state index contributed by atoms with van der Waals surface area (Å²) in [6.45, 7) is 0. The molecule has 0 bridgehead atoms. The predicted octanol–water partition coefficient (Wildman–Crippen LogP) is 0.273. The quantitative estimate of drug-likeness (QED) is 0.328. The van der Waals surface area contributed by atoms with Crippen molar-refractivity contribution >= 4 is 15.4 Å². The van der Waals surface area contributed by atoms with Crippen LogP contribution in [0.15, 0.2) is 12.2 Å². The standard InChI is InChI=1S/C5H8OS/c1-7(6)4-2-3-5-7/h2-3H,1,4-5H2. The molecule has 0 spiro atoms. The Bertz CT molecular complexity index is 160. The fourth-order valence-electron chi connectivity index (χ4n) is 0.555. The minimum atomic E-state index is -1.66. The van der Waals surface area contributed by atoms with Gasteiger partial charge < -0.3 is 0 Å². The van der Waals surface area contributed by atoms with Crippen LogP contribution in [0.3, 0.4) is 0 Å². The van der Waals surface area contributed by atoms with E-state index in [1.165, 1.54) is 0 Å². The molecular formula is C5H8OS. The molecule has 0 aromatic heterocycles. The van der Waals surface area contributed by atoms with Gasteiger partial charge in [-0.05, 0) is 15.4 Å². The first-order valence-electron chi connectivity index (χ1n) is 2.18. The summed E-state index contributed by atoms with van der Waals surface area (Å²) in [5.74, 6) is 4.91. The molecule has 0 atom stereocenters. The Hall–Kier alpha value is -0.240. The van der Waals surface area contributed by atoms with Crippen LogP contribution in [0.1, 0.15) is 0 Å². The number of hydrogen-bond acceptors (Lipinski definition) is 1. The number of rotatable bonds is 0. The van der Waals surface area contributed by atoms with Crippen molar-refractivity contribution in [1.29, 1.82) is 0 Å². The average Bonchev–Trinajstić information content (AvgIpc) is 1.84. The van der Waals surface area contributed by atoms with Crippen molar-refractivity contribution < 1.29 is 4.21 Å². The summed E-state index contributed by atoms with van der Waals surface area (Å²) in [6, 6.07) is 0. The molecule has 0 aromatic rings. The Morgan fingerprint density at radius 1 is 1.43 bits per heavy atom. The van der Waals surface area contributed by atoms with Crippen LogP contribution in [0.4, 0.5) is 0 Å². The Labute approximate surface area is 44.0 Å². The van der Waals surface area contributed by atoms with Crippen LogP contribution in [-0.2, 0) is 9.52 Å². The van der Waals surface area contributed by atoms with E-state index in [-0.39, 0.29) is 0 Å². The minimum absolute atomic E-state index is 0.688. The molecule has 0 N–H and O–H groups in total. The normalized spacial score (nSPS) is 25.7. The molecular weight excluding hydrogens is 108 g/mol. The smallest absolute Gasteiger partial charge is 0.0342 e. The van der Waals surface area contributed by atoms with Crippen LogP contribution in [0.25, 0.3) is 0 Å². The Kier molecular flexibility index (Phi) is 0.961.